The van der Waals surface area contributed by atoms with Crippen molar-refractivity contribution in [2.24, 2.45) is 0 Å². The average Bonchev–Trinajstić information content (AvgIpc) is 2.85. The molecule has 1 aliphatic heterocycles. The highest BCUT2D eigenvalue weighted by molar-refractivity contribution is 7.12. The summed E-state index contributed by atoms with van der Waals surface area (Å²) in [5.41, 5.74) is 1.14. The summed E-state index contributed by atoms with van der Waals surface area (Å²) in [5, 5.41) is 5.65. The number of hydrogen-bond donors (Lipinski definition) is 2. The van der Waals surface area contributed by atoms with Gasteiger partial charge in [0, 0.05) is 23.3 Å². The van der Waals surface area contributed by atoms with Crippen molar-refractivity contribution in [2.45, 2.75) is 39.3 Å². The van der Waals surface area contributed by atoms with Crippen molar-refractivity contribution in [3.63, 3.8) is 0 Å². The molecule has 1 saturated heterocycles. The lowest BCUT2D eigenvalue weighted by Gasteiger charge is -2.17. The highest BCUT2D eigenvalue weighted by atomic mass is 32.1. The molecule has 2 atom stereocenters. The van der Waals surface area contributed by atoms with E-state index >= 15 is 0 Å². The maximum absolute atomic E-state index is 12.0. The van der Waals surface area contributed by atoms with Crippen LogP contribution in [0, 0.1) is 13.8 Å². The van der Waals surface area contributed by atoms with Crippen molar-refractivity contribution >= 4 is 23.3 Å². The molecule has 5 nitrogen and oxygen atoms in total. The Bertz CT molecular complexity index is 526. The van der Waals surface area contributed by atoms with Gasteiger partial charge in [-0.1, -0.05) is 0 Å². The zero-order valence-electron chi connectivity index (χ0n) is 12.3. The monoisotopic (exact) mass is 295 g/mol. The molecule has 1 fully saturated rings. The van der Waals surface area contributed by atoms with Gasteiger partial charge in [-0.25, -0.2) is 4.79 Å². The quantitative estimate of drug-likeness (QED) is 0.895. The summed E-state index contributed by atoms with van der Waals surface area (Å²) in [4.78, 5) is 27.8. The third-order valence-corrected chi connectivity index (χ3v) is 4.61. The van der Waals surface area contributed by atoms with Gasteiger partial charge in [0.2, 0.25) is 5.91 Å². The van der Waals surface area contributed by atoms with Gasteiger partial charge in [0.15, 0.2) is 0 Å². The summed E-state index contributed by atoms with van der Waals surface area (Å²) in [6.45, 7) is 6.76. The lowest BCUT2D eigenvalue weighted by atomic mass is 10.1. The Balaban J connectivity index is 1.91. The molecule has 3 amide bonds. The molecule has 2 N–H and O–H groups in total. The zero-order valence-corrected chi connectivity index (χ0v) is 13.1. The van der Waals surface area contributed by atoms with Gasteiger partial charge >= 0.3 is 6.03 Å². The van der Waals surface area contributed by atoms with Crippen molar-refractivity contribution in [1.82, 2.24) is 15.5 Å². The van der Waals surface area contributed by atoms with Crippen molar-refractivity contribution in [3.8, 4) is 0 Å². The molecule has 0 unspecified atom stereocenters. The first-order chi connectivity index (χ1) is 9.38. The van der Waals surface area contributed by atoms with Crippen LogP contribution in [0.25, 0.3) is 0 Å². The minimum atomic E-state index is -0.391. The number of nitrogens with one attached hydrogen (secondary N) is 2. The van der Waals surface area contributed by atoms with Crippen molar-refractivity contribution in [3.05, 3.63) is 21.4 Å². The minimum absolute atomic E-state index is 0.0182. The van der Waals surface area contributed by atoms with E-state index in [1.807, 2.05) is 6.92 Å². The molecular formula is C14H21N3O2S. The Hall–Kier alpha value is -1.56. The van der Waals surface area contributed by atoms with Gasteiger partial charge in [0.1, 0.15) is 6.04 Å². The molecule has 0 aromatic carbocycles. The van der Waals surface area contributed by atoms with Crippen LogP contribution in [-0.2, 0) is 4.79 Å². The maximum Gasteiger partial charge on any atom is 0.315 e. The highest BCUT2D eigenvalue weighted by Crippen LogP contribution is 2.26. The van der Waals surface area contributed by atoms with E-state index < -0.39 is 6.04 Å². The highest BCUT2D eigenvalue weighted by Gasteiger charge is 2.30. The predicted octanol–water partition coefficient (Wildman–Crippen LogP) is 1.96. The van der Waals surface area contributed by atoms with E-state index in [4.69, 9.17) is 0 Å². The molecule has 1 aromatic heterocycles. The minimum Gasteiger partial charge on any atom is -0.344 e. The number of amides is 3. The van der Waals surface area contributed by atoms with E-state index in [-0.39, 0.29) is 18.0 Å². The number of urea groups is 1. The summed E-state index contributed by atoms with van der Waals surface area (Å²) in [5.74, 6) is -0.0182. The number of likely N-dealkylation sites (N-methyl/N-ethyl adjacent to an activating group) is 1. The summed E-state index contributed by atoms with van der Waals surface area (Å²) in [7, 11) is 1.75. The van der Waals surface area contributed by atoms with Crippen LogP contribution in [0.2, 0.25) is 0 Å². The number of carbonyl (C=O) groups excluding carboxylic acids is 2. The first kappa shape index (κ1) is 14.8. The van der Waals surface area contributed by atoms with Crippen molar-refractivity contribution in [2.75, 3.05) is 13.6 Å². The Morgan fingerprint density at radius 1 is 1.50 bits per heavy atom. The van der Waals surface area contributed by atoms with Gasteiger partial charge in [-0.3, -0.25) is 4.79 Å². The lowest BCUT2D eigenvalue weighted by molar-refractivity contribution is -0.128. The largest absolute Gasteiger partial charge is 0.344 e. The van der Waals surface area contributed by atoms with Crippen LogP contribution in [-0.4, -0.2) is 36.5 Å². The number of carbonyl (C=O) groups is 2. The van der Waals surface area contributed by atoms with Crippen molar-refractivity contribution < 1.29 is 9.59 Å². The van der Waals surface area contributed by atoms with E-state index in [2.05, 4.69) is 30.5 Å². The summed E-state index contributed by atoms with van der Waals surface area (Å²) < 4.78 is 0. The van der Waals surface area contributed by atoms with Gasteiger partial charge in [0.25, 0.3) is 0 Å². The van der Waals surface area contributed by atoms with E-state index in [0.717, 1.165) is 5.56 Å². The molecule has 0 saturated carbocycles. The lowest BCUT2D eigenvalue weighted by Crippen LogP contribution is -2.46. The van der Waals surface area contributed by atoms with Crippen LogP contribution in [0.15, 0.2) is 6.07 Å². The summed E-state index contributed by atoms with van der Waals surface area (Å²) in [6.07, 6.45) is 0.674. The number of likely N-dealkylation sites (tertiary alicyclic amines) is 1. The second kappa shape index (κ2) is 5.83. The third kappa shape index (κ3) is 3.12. The molecule has 1 aliphatic rings. The van der Waals surface area contributed by atoms with E-state index in [1.54, 1.807) is 23.3 Å². The van der Waals surface area contributed by atoms with E-state index in [9.17, 15) is 9.59 Å². The Morgan fingerprint density at radius 2 is 2.20 bits per heavy atom. The van der Waals surface area contributed by atoms with Crippen LogP contribution in [0.4, 0.5) is 4.79 Å². The van der Waals surface area contributed by atoms with Gasteiger partial charge in [-0.2, -0.15) is 0 Å². The smallest absolute Gasteiger partial charge is 0.315 e. The first-order valence-corrected chi connectivity index (χ1v) is 7.59. The molecule has 0 radical (unpaired) electrons. The third-order valence-electron chi connectivity index (χ3n) is 3.63. The maximum atomic E-state index is 12.0. The normalized spacial score (nSPS) is 20.1. The van der Waals surface area contributed by atoms with Crippen LogP contribution in [0.3, 0.4) is 0 Å². The molecule has 2 heterocycles. The van der Waals surface area contributed by atoms with Gasteiger partial charge < -0.3 is 15.5 Å². The number of thiophene rings is 1. The molecular weight excluding hydrogens is 274 g/mol. The summed E-state index contributed by atoms with van der Waals surface area (Å²) >= 11 is 1.73. The standard InChI is InChI=1S/C14H21N3O2S/c1-8-7-11(10(3)20-8)9(2)15-14(19)16-12-5-6-17(4)13(12)18/h7,9,12H,5-6H2,1-4H3,(H2,15,16,19)/t9-,12-/m1/s1. The molecule has 2 rings (SSSR count). The topological polar surface area (TPSA) is 61.4 Å². The van der Waals surface area contributed by atoms with Gasteiger partial charge in [0.05, 0.1) is 6.04 Å². The second-order valence-corrected chi connectivity index (χ2v) is 6.77. The number of aryl methyl sites for hydroxylation is 2. The Labute approximate surface area is 123 Å². The molecule has 1 aromatic rings. The van der Waals surface area contributed by atoms with Crippen LogP contribution in [0.1, 0.15) is 34.7 Å². The molecule has 6 heteroatoms. The van der Waals surface area contributed by atoms with Crippen molar-refractivity contribution in [1.29, 1.82) is 0 Å². The fourth-order valence-corrected chi connectivity index (χ4v) is 3.53. The van der Waals surface area contributed by atoms with Gasteiger partial charge in [-0.15, -0.1) is 11.3 Å². The first-order valence-electron chi connectivity index (χ1n) is 6.77. The molecule has 20 heavy (non-hydrogen) atoms. The molecule has 0 bridgehead atoms. The fraction of sp³-hybridized carbons (Fsp3) is 0.571. The average molecular weight is 295 g/mol. The Kier molecular flexibility index (Phi) is 4.32. The number of rotatable bonds is 3. The molecule has 0 spiro atoms. The fourth-order valence-electron chi connectivity index (χ4n) is 2.51. The number of nitrogens with zero attached hydrogens (tertiary/aromatic N) is 1. The van der Waals surface area contributed by atoms with E-state index in [1.165, 1.54) is 9.75 Å². The summed E-state index contributed by atoms with van der Waals surface area (Å²) in [6, 6.07) is 1.36. The van der Waals surface area contributed by atoms with Crippen LogP contribution >= 0.6 is 11.3 Å². The molecule has 110 valence electrons. The Morgan fingerprint density at radius 3 is 2.70 bits per heavy atom. The van der Waals surface area contributed by atoms with Gasteiger partial charge in [-0.05, 0) is 38.8 Å². The van der Waals surface area contributed by atoms with Crippen LogP contribution in [0.5, 0.6) is 0 Å². The zero-order chi connectivity index (χ0) is 14.9. The predicted molar refractivity (Wildman–Crippen MR) is 79.9 cm³/mol. The molecule has 0 aliphatic carbocycles. The second-order valence-electron chi connectivity index (χ2n) is 5.31. The number of hydrogen-bond acceptors (Lipinski definition) is 3. The van der Waals surface area contributed by atoms with Crippen LogP contribution < -0.4 is 10.6 Å². The SMILES string of the molecule is Cc1cc([C@@H](C)NC(=O)N[C@@H]2CCN(C)C2=O)c(C)s1. The van der Waals surface area contributed by atoms with E-state index in [0.29, 0.717) is 13.0 Å².